The van der Waals surface area contributed by atoms with Crippen LogP contribution in [0.3, 0.4) is 0 Å². The van der Waals surface area contributed by atoms with Gasteiger partial charge in [0.15, 0.2) is 12.4 Å². The fraction of sp³-hybridized carbons (Fsp3) is 0.118. The number of nitriles is 1. The molecule has 2 heterocycles. The van der Waals surface area contributed by atoms with Crippen molar-refractivity contribution < 1.29 is 23.2 Å². The van der Waals surface area contributed by atoms with Crippen molar-refractivity contribution in [1.82, 2.24) is 10.2 Å². The van der Waals surface area contributed by atoms with E-state index in [1.54, 1.807) is 18.2 Å². The molecule has 0 saturated carbocycles. The minimum Gasteiger partial charge on any atom is -0.459 e. The molecule has 0 aliphatic heterocycles. The first kappa shape index (κ1) is 16.9. The van der Waals surface area contributed by atoms with Gasteiger partial charge in [-0.05, 0) is 36.4 Å². The second-order valence-corrected chi connectivity index (χ2v) is 5.01. The van der Waals surface area contributed by atoms with Crippen molar-refractivity contribution in [1.29, 1.82) is 5.26 Å². The van der Waals surface area contributed by atoms with Crippen LogP contribution in [0, 0.1) is 11.3 Å². The number of aromatic nitrogens is 2. The highest BCUT2D eigenvalue weighted by atomic mass is 16.5. The SMILES string of the molecule is N#CCC(=O)Nc1ccc(C(=O)OCc2nnc(-c3ccco3)o2)cc1. The van der Waals surface area contributed by atoms with Gasteiger partial charge in [-0.3, -0.25) is 4.79 Å². The van der Waals surface area contributed by atoms with E-state index in [0.29, 0.717) is 11.4 Å². The summed E-state index contributed by atoms with van der Waals surface area (Å²) in [5.41, 5.74) is 0.760. The van der Waals surface area contributed by atoms with E-state index in [1.807, 2.05) is 0 Å². The number of amides is 1. The number of hydrogen-bond donors (Lipinski definition) is 1. The maximum atomic E-state index is 12.0. The van der Waals surface area contributed by atoms with Gasteiger partial charge in [0, 0.05) is 5.69 Å². The summed E-state index contributed by atoms with van der Waals surface area (Å²) < 4.78 is 15.6. The van der Waals surface area contributed by atoms with E-state index in [1.165, 1.54) is 30.5 Å². The van der Waals surface area contributed by atoms with Crippen LogP contribution in [0.15, 0.2) is 51.5 Å². The lowest BCUT2D eigenvalue weighted by molar-refractivity contribution is -0.115. The molecule has 0 saturated heterocycles. The van der Waals surface area contributed by atoms with Crippen LogP contribution in [0.1, 0.15) is 22.7 Å². The number of rotatable bonds is 6. The maximum absolute atomic E-state index is 12.0. The Kier molecular flexibility index (Phi) is 5.05. The van der Waals surface area contributed by atoms with Crippen LogP contribution in [0.4, 0.5) is 5.69 Å². The van der Waals surface area contributed by atoms with Crippen molar-refractivity contribution in [2.45, 2.75) is 13.0 Å². The number of carbonyl (C=O) groups is 2. The predicted octanol–water partition coefficient (Wildman–Crippen LogP) is 2.54. The fourth-order valence-corrected chi connectivity index (χ4v) is 1.99. The van der Waals surface area contributed by atoms with Crippen molar-refractivity contribution >= 4 is 17.6 Å². The van der Waals surface area contributed by atoms with Gasteiger partial charge in [0.25, 0.3) is 11.8 Å². The minimum absolute atomic E-state index is 0.130. The predicted molar refractivity (Wildman–Crippen MR) is 86.4 cm³/mol. The molecule has 9 nitrogen and oxygen atoms in total. The molecular weight excluding hydrogens is 340 g/mol. The van der Waals surface area contributed by atoms with Gasteiger partial charge >= 0.3 is 5.97 Å². The van der Waals surface area contributed by atoms with E-state index in [0.717, 1.165) is 0 Å². The molecule has 0 radical (unpaired) electrons. The number of furan rings is 1. The second kappa shape index (κ2) is 7.76. The molecule has 1 amide bonds. The number of benzene rings is 1. The molecule has 0 fully saturated rings. The Hall–Kier alpha value is -3.93. The van der Waals surface area contributed by atoms with Gasteiger partial charge in [0.1, 0.15) is 6.42 Å². The molecule has 26 heavy (non-hydrogen) atoms. The number of carbonyl (C=O) groups excluding carboxylic acids is 2. The van der Waals surface area contributed by atoms with Crippen LogP contribution < -0.4 is 5.32 Å². The number of anilines is 1. The summed E-state index contributed by atoms with van der Waals surface area (Å²) in [6, 6.07) is 11.2. The monoisotopic (exact) mass is 352 g/mol. The Morgan fingerprint density at radius 1 is 1.19 bits per heavy atom. The van der Waals surface area contributed by atoms with Gasteiger partial charge in [0.05, 0.1) is 17.9 Å². The van der Waals surface area contributed by atoms with Gasteiger partial charge in [0.2, 0.25) is 5.91 Å². The molecule has 0 atom stereocenters. The lowest BCUT2D eigenvalue weighted by Gasteiger charge is -2.05. The van der Waals surface area contributed by atoms with Gasteiger partial charge in [-0.15, -0.1) is 10.2 Å². The summed E-state index contributed by atoms with van der Waals surface area (Å²) in [6.45, 7) is -0.187. The number of hydrogen-bond acceptors (Lipinski definition) is 8. The van der Waals surface area contributed by atoms with Crippen molar-refractivity contribution in [3.05, 3.63) is 54.1 Å². The van der Waals surface area contributed by atoms with E-state index in [-0.39, 0.29) is 30.4 Å². The smallest absolute Gasteiger partial charge is 0.338 e. The molecule has 130 valence electrons. The highest BCUT2D eigenvalue weighted by Gasteiger charge is 2.14. The first-order chi connectivity index (χ1) is 12.7. The highest BCUT2D eigenvalue weighted by Crippen LogP contribution is 2.18. The molecule has 3 aromatic rings. The van der Waals surface area contributed by atoms with Gasteiger partial charge in [-0.25, -0.2) is 4.79 Å². The molecule has 0 unspecified atom stereocenters. The van der Waals surface area contributed by atoms with Gasteiger partial charge in [-0.1, -0.05) is 0 Å². The fourth-order valence-electron chi connectivity index (χ4n) is 1.99. The van der Waals surface area contributed by atoms with Crippen molar-refractivity contribution in [2.24, 2.45) is 0 Å². The molecule has 1 aromatic carbocycles. The van der Waals surface area contributed by atoms with Crippen LogP contribution in [-0.4, -0.2) is 22.1 Å². The normalized spacial score (nSPS) is 10.1. The second-order valence-electron chi connectivity index (χ2n) is 5.01. The van der Waals surface area contributed by atoms with E-state index in [4.69, 9.17) is 18.8 Å². The Bertz CT molecular complexity index is 938. The molecule has 9 heteroatoms. The summed E-state index contributed by atoms with van der Waals surface area (Å²) in [6.07, 6.45) is 1.24. The topological polar surface area (TPSA) is 131 Å². The number of nitrogens with zero attached hydrogens (tertiary/aromatic N) is 3. The zero-order chi connectivity index (χ0) is 18.4. The van der Waals surface area contributed by atoms with Crippen LogP contribution >= 0.6 is 0 Å². The molecule has 0 bridgehead atoms. The Balaban J connectivity index is 1.55. The molecule has 0 spiro atoms. The zero-order valence-electron chi connectivity index (χ0n) is 13.3. The van der Waals surface area contributed by atoms with E-state index >= 15 is 0 Å². The van der Waals surface area contributed by atoms with Crippen molar-refractivity contribution in [3.8, 4) is 17.7 Å². The van der Waals surface area contributed by atoms with Crippen molar-refractivity contribution in [3.63, 3.8) is 0 Å². The third-order valence-corrected chi connectivity index (χ3v) is 3.17. The summed E-state index contributed by atoms with van der Waals surface area (Å²) in [5, 5.41) is 18.5. The third-order valence-electron chi connectivity index (χ3n) is 3.17. The standard InChI is InChI=1S/C17H12N4O5/c18-8-7-14(22)19-12-5-3-11(4-6-12)17(23)25-10-15-20-21-16(26-15)13-2-1-9-24-13/h1-6,9H,7,10H2,(H,19,22). The molecule has 1 N–H and O–H groups in total. The van der Waals surface area contributed by atoms with E-state index in [2.05, 4.69) is 15.5 Å². The van der Waals surface area contributed by atoms with Gasteiger partial charge in [-0.2, -0.15) is 5.26 Å². The largest absolute Gasteiger partial charge is 0.459 e. The van der Waals surface area contributed by atoms with Crippen LogP contribution in [0.2, 0.25) is 0 Å². The van der Waals surface area contributed by atoms with E-state index < -0.39 is 11.9 Å². The molecular formula is C17H12N4O5. The average Bonchev–Trinajstić information content (AvgIpc) is 3.32. The highest BCUT2D eigenvalue weighted by molar-refractivity contribution is 5.93. The number of esters is 1. The number of nitrogens with one attached hydrogen (secondary N) is 1. The summed E-state index contributed by atoms with van der Waals surface area (Å²) in [5.74, 6) is -0.267. The lowest BCUT2D eigenvalue weighted by atomic mass is 10.2. The van der Waals surface area contributed by atoms with Crippen LogP contribution in [0.25, 0.3) is 11.7 Å². The Labute approximate surface area is 147 Å². The quantitative estimate of drug-likeness (QED) is 0.669. The summed E-state index contributed by atoms with van der Waals surface area (Å²) in [7, 11) is 0. The summed E-state index contributed by atoms with van der Waals surface area (Å²) >= 11 is 0. The Morgan fingerprint density at radius 2 is 2.00 bits per heavy atom. The zero-order valence-corrected chi connectivity index (χ0v) is 13.3. The van der Waals surface area contributed by atoms with Crippen LogP contribution in [-0.2, 0) is 16.1 Å². The maximum Gasteiger partial charge on any atom is 0.338 e. The average molecular weight is 352 g/mol. The molecule has 2 aromatic heterocycles. The Morgan fingerprint density at radius 3 is 2.69 bits per heavy atom. The first-order valence-electron chi connectivity index (χ1n) is 7.46. The first-order valence-corrected chi connectivity index (χ1v) is 7.46. The number of ether oxygens (including phenoxy) is 1. The molecule has 0 aliphatic rings. The minimum atomic E-state index is -0.586. The third kappa shape index (κ3) is 4.12. The molecule has 3 rings (SSSR count). The lowest BCUT2D eigenvalue weighted by Crippen LogP contribution is -2.10. The summed E-state index contributed by atoms with van der Waals surface area (Å²) in [4.78, 5) is 23.4. The van der Waals surface area contributed by atoms with Gasteiger partial charge < -0.3 is 18.9 Å². The molecule has 0 aliphatic carbocycles. The van der Waals surface area contributed by atoms with E-state index in [9.17, 15) is 9.59 Å². The van der Waals surface area contributed by atoms with Crippen LogP contribution in [0.5, 0.6) is 0 Å². The van der Waals surface area contributed by atoms with Crippen molar-refractivity contribution in [2.75, 3.05) is 5.32 Å².